The molecule has 1 heterocycles. The standard InChI is InChI=1S/C17H28N2O3/c1-5-6-7-9-13(4)18-17(21)15(12(2)3)19-16(20)14-10-8-11-22-14/h8,10-13,15H,5-7,9H2,1-4H3,(H,18,21)(H,19,20)/t13-,15-/m1/s1. The Bertz CT molecular complexity index is 454. The van der Waals surface area contributed by atoms with Crippen LogP contribution < -0.4 is 10.6 Å². The van der Waals surface area contributed by atoms with Crippen LogP contribution in [0.1, 0.15) is 63.9 Å². The maximum atomic E-state index is 12.4. The van der Waals surface area contributed by atoms with Gasteiger partial charge >= 0.3 is 0 Å². The second-order valence-corrected chi connectivity index (χ2v) is 6.08. The van der Waals surface area contributed by atoms with E-state index in [0.29, 0.717) is 0 Å². The largest absolute Gasteiger partial charge is 0.459 e. The summed E-state index contributed by atoms with van der Waals surface area (Å²) in [7, 11) is 0. The maximum Gasteiger partial charge on any atom is 0.287 e. The molecule has 0 aromatic carbocycles. The first-order chi connectivity index (χ1) is 10.5. The van der Waals surface area contributed by atoms with Crippen molar-refractivity contribution in [1.29, 1.82) is 0 Å². The highest BCUT2D eigenvalue weighted by atomic mass is 16.3. The summed E-state index contributed by atoms with van der Waals surface area (Å²) in [5.41, 5.74) is 0. The topological polar surface area (TPSA) is 71.3 Å². The molecule has 0 aliphatic heterocycles. The van der Waals surface area contributed by atoms with Crippen LogP contribution in [0.3, 0.4) is 0 Å². The molecule has 2 amide bonds. The highest BCUT2D eigenvalue weighted by Gasteiger charge is 2.26. The first-order valence-electron chi connectivity index (χ1n) is 8.10. The number of hydrogen-bond donors (Lipinski definition) is 2. The van der Waals surface area contributed by atoms with E-state index in [1.54, 1.807) is 12.1 Å². The summed E-state index contributed by atoms with van der Waals surface area (Å²) in [6.07, 6.45) is 5.83. The van der Waals surface area contributed by atoms with Gasteiger partial charge in [-0.15, -0.1) is 0 Å². The monoisotopic (exact) mass is 308 g/mol. The molecule has 0 spiro atoms. The van der Waals surface area contributed by atoms with Crippen LogP contribution in [0.25, 0.3) is 0 Å². The lowest BCUT2D eigenvalue weighted by Gasteiger charge is -2.23. The fourth-order valence-electron chi connectivity index (χ4n) is 2.26. The van der Waals surface area contributed by atoms with Gasteiger partial charge < -0.3 is 15.1 Å². The molecule has 124 valence electrons. The smallest absolute Gasteiger partial charge is 0.287 e. The average Bonchev–Trinajstić information content (AvgIpc) is 2.98. The Kier molecular flexibility index (Phi) is 7.71. The minimum absolute atomic E-state index is 0.00162. The van der Waals surface area contributed by atoms with Crippen LogP contribution in [0, 0.1) is 5.92 Å². The average molecular weight is 308 g/mol. The summed E-state index contributed by atoms with van der Waals surface area (Å²) < 4.78 is 5.06. The van der Waals surface area contributed by atoms with Gasteiger partial charge in [-0.05, 0) is 31.4 Å². The van der Waals surface area contributed by atoms with E-state index in [9.17, 15) is 9.59 Å². The lowest BCUT2D eigenvalue weighted by molar-refractivity contribution is -0.124. The van der Waals surface area contributed by atoms with Crippen molar-refractivity contribution in [3.05, 3.63) is 24.2 Å². The predicted molar refractivity (Wildman–Crippen MR) is 86.5 cm³/mol. The normalized spacial score (nSPS) is 13.7. The Balaban J connectivity index is 2.55. The Labute approximate surface area is 132 Å². The van der Waals surface area contributed by atoms with Crippen molar-refractivity contribution in [3.63, 3.8) is 0 Å². The molecule has 2 atom stereocenters. The third kappa shape index (κ3) is 5.92. The van der Waals surface area contributed by atoms with Crippen molar-refractivity contribution < 1.29 is 14.0 Å². The SMILES string of the molecule is CCCCC[C@@H](C)NC(=O)[C@H](NC(=O)c1ccco1)C(C)C. The van der Waals surface area contributed by atoms with Crippen LogP contribution in [0.4, 0.5) is 0 Å². The highest BCUT2D eigenvalue weighted by Crippen LogP contribution is 2.08. The summed E-state index contributed by atoms with van der Waals surface area (Å²) in [5, 5.41) is 5.73. The fraction of sp³-hybridized carbons (Fsp3) is 0.647. The van der Waals surface area contributed by atoms with Crippen LogP contribution in [-0.2, 0) is 4.79 Å². The van der Waals surface area contributed by atoms with E-state index >= 15 is 0 Å². The molecule has 0 aliphatic carbocycles. The second-order valence-electron chi connectivity index (χ2n) is 6.08. The molecule has 1 aromatic heterocycles. The maximum absolute atomic E-state index is 12.4. The molecular formula is C17H28N2O3. The number of rotatable bonds is 9. The van der Waals surface area contributed by atoms with Crippen molar-refractivity contribution in [2.24, 2.45) is 5.92 Å². The van der Waals surface area contributed by atoms with Crippen molar-refractivity contribution in [2.75, 3.05) is 0 Å². The number of nitrogens with one attached hydrogen (secondary N) is 2. The molecular weight excluding hydrogens is 280 g/mol. The van der Waals surface area contributed by atoms with Gasteiger partial charge in [-0.25, -0.2) is 0 Å². The van der Waals surface area contributed by atoms with E-state index in [-0.39, 0.29) is 29.5 Å². The third-order valence-electron chi connectivity index (χ3n) is 3.61. The van der Waals surface area contributed by atoms with E-state index in [4.69, 9.17) is 4.42 Å². The number of hydrogen-bond acceptors (Lipinski definition) is 3. The van der Waals surface area contributed by atoms with Gasteiger partial charge in [-0.2, -0.15) is 0 Å². The number of furan rings is 1. The molecule has 0 radical (unpaired) electrons. The molecule has 0 fully saturated rings. The Hall–Kier alpha value is -1.78. The number of carbonyl (C=O) groups is 2. The van der Waals surface area contributed by atoms with E-state index < -0.39 is 6.04 Å². The Morgan fingerprint density at radius 2 is 1.91 bits per heavy atom. The highest BCUT2D eigenvalue weighted by molar-refractivity contribution is 5.95. The summed E-state index contributed by atoms with van der Waals surface area (Å²) in [6, 6.07) is 2.78. The van der Waals surface area contributed by atoms with E-state index in [1.165, 1.54) is 12.7 Å². The van der Waals surface area contributed by atoms with Gasteiger partial charge in [0.1, 0.15) is 6.04 Å². The van der Waals surface area contributed by atoms with E-state index in [1.807, 2.05) is 20.8 Å². The predicted octanol–water partition coefficient (Wildman–Crippen LogP) is 3.12. The zero-order chi connectivity index (χ0) is 16.5. The molecule has 2 N–H and O–H groups in total. The molecule has 0 bridgehead atoms. The van der Waals surface area contributed by atoms with E-state index in [0.717, 1.165) is 19.3 Å². The number of unbranched alkanes of at least 4 members (excludes halogenated alkanes) is 2. The summed E-state index contributed by atoms with van der Waals surface area (Å²) in [5.74, 6) is -0.285. The molecule has 0 saturated heterocycles. The van der Waals surface area contributed by atoms with Gasteiger partial charge in [0.25, 0.3) is 5.91 Å². The van der Waals surface area contributed by atoms with Crippen LogP contribution in [-0.4, -0.2) is 23.9 Å². The molecule has 22 heavy (non-hydrogen) atoms. The van der Waals surface area contributed by atoms with Crippen molar-refractivity contribution in [2.45, 2.75) is 65.5 Å². The molecule has 1 rings (SSSR count). The zero-order valence-electron chi connectivity index (χ0n) is 14.0. The lowest BCUT2D eigenvalue weighted by Crippen LogP contribution is -2.51. The van der Waals surface area contributed by atoms with E-state index in [2.05, 4.69) is 17.6 Å². The minimum atomic E-state index is -0.564. The number of carbonyl (C=O) groups excluding carboxylic acids is 2. The Morgan fingerprint density at radius 3 is 2.45 bits per heavy atom. The summed E-state index contributed by atoms with van der Waals surface area (Å²) in [4.78, 5) is 24.4. The van der Waals surface area contributed by atoms with Gasteiger partial charge in [0.05, 0.1) is 6.26 Å². The molecule has 0 saturated carbocycles. The van der Waals surface area contributed by atoms with Crippen LogP contribution in [0.2, 0.25) is 0 Å². The lowest BCUT2D eigenvalue weighted by atomic mass is 10.0. The van der Waals surface area contributed by atoms with Gasteiger partial charge in [0.2, 0.25) is 5.91 Å². The first-order valence-corrected chi connectivity index (χ1v) is 8.10. The minimum Gasteiger partial charge on any atom is -0.459 e. The zero-order valence-corrected chi connectivity index (χ0v) is 14.0. The first kappa shape index (κ1) is 18.3. The van der Waals surface area contributed by atoms with Crippen LogP contribution >= 0.6 is 0 Å². The second kappa shape index (κ2) is 9.28. The molecule has 0 aliphatic rings. The summed E-state index contributed by atoms with van der Waals surface area (Å²) in [6.45, 7) is 7.98. The summed E-state index contributed by atoms with van der Waals surface area (Å²) >= 11 is 0. The van der Waals surface area contributed by atoms with Gasteiger partial charge in [0.15, 0.2) is 5.76 Å². The van der Waals surface area contributed by atoms with Gasteiger partial charge in [-0.1, -0.05) is 40.0 Å². The van der Waals surface area contributed by atoms with Crippen LogP contribution in [0.15, 0.2) is 22.8 Å². The van der Waals surface area contributed by atoms with Crippen molar-refractivity contribution in [3.8, 4) is 0 Å². The molecule has 1 aromatic rings. The van der Waals surface area contributed by atoms with Crippen molar-refractivity contribution >= 4 is 11.8 Å². The number of amides is 2. The molecule has 5 heteroatoms. The Morgan fingerprint density at radius 1 is 1.18 bits per heavy atom. The quantitative estimate of drug-likeness (QED) is 0.689. The third-order valence-corrected chi connectivity index (χ3v) is 3.61. The molecule has 0 unspecified atom stereocenters. The van der Waals surface area contributed by atoms with Gasteiger partial charge in [-0.3, -0.25) is 9.59 Å². The van der Waals surface area contributed by atoms with Gasteiger partial charge in [0, 0.05) is 6.04 Å². The van der Waals surface area contributed by atoms with Crippen LogP contribution in [0.5, 0.6) is 0 Å². The molecule has 5 nitrogen and oxygen atoms in total. The fourth-order valence-corrected chi connectivity index (χ4v) is 2.26. The van der Waals surface area contributed by atoms with Crippen molar-refractivity contribution in [1.82, 2.24) is 10.6 Å².